The summed E-state index contributed by atoms with van der Waals surface area (Å²) in [4.78, 5) is 15.2. The smallest absolute Gasteiger partial charge is 0.251 e. The van der Waals surface area contributed by atoms with Gasteiger partial charge in [-0.1, -0.05) is 12.1 Å². The van der Waals surface area contributed by atoms with Gasteiger partial charge in [0.05, 0.1) is 10.9 Å². The predicted octanol–water partition coefficient (Wildman–Crippen LogP) is 3.57. The molecule has 0 unspecified atom stereocenters. The highest BCUT2D eigenvalue weighted by Crippen LogP contribution is 2.21. The van der Waals surface area contributed by atoms with Crippen molar-refractivity contribution in [2.24, 2.45) is 0 Å². The van der Waals surface area contributed by atoms with Crippen molar-refractivity contribution >= 4 is 21.4 Å². The number of nitrogens with zero attached hydrogens (tertiary/aromatic N) is 1. The summed E-state index contributed by atoms with van der Waals surface area (Å²) in [6.45, 7) is 4.04. The second-order valence-electron chi connectivity index (χ2n) is 7.13. The van der Waals surface area contributed by atoms with Crippen LogP contribution in [0.15, 0.2) is 53.4 Å². The molecule has 2 aromatic rings. The Morgan fingerprint density at radius 3 is 2.11 bits per heavy atom. The van der Waals surface area contributed by atoms with Crippen molar-refractivity contribution in [2.45, 2.75) is 37.1 Å². The fourth-order valence-corrected chi connectivity index (χ4v) is 3.97. The molecule has 0 radical (unpaired) electrons. The molecule has 3 rings (SSSR count). The SMILES string of the molecule is C[C@H](NC(=O)c1ccc(N2CCCCC2)cc1)c1ccc(S(C)(=O)=O)cc1. The Labute approximate surface area is 161 Å². The largest absolute Gasteiger partial charge is 0.372 e. The number of piperidine rings is 1. The second kappa shape index (κ2) is 8.13. The van der Waals surface area contributed by atoms with E-state index < -0.39 is 9.84 Å². The van der Waals surface area contributed by atoms with Crippen LogP contribution in [0.25, 0.3) is 0 Å². The number of nitrogens with one attached hydrogen (secondary N) is 1. The number of carbonyl (C=O) groups excluding carboxylic acids is 1. The van der Waals surface area contributed by atoms with Crippen LogP contribution < -0.4 is 10.2 Å². The summed E-state index contributed by atoms with van der Waals surface area (Å²) in [7, 11) is -3.22. The predicted molar refractivity (Wildman–Crippen MR) is 108 cm³/mol. The molecule has 27 heavy (non-hydrogen) atoms. The van der Waals surface area contributed by atoms with Crippen molar-refractivity contribution in [2.75, 3.05) is 24.2 Å². The Bertz CT molecular complexity index is 884. The number of sulfone groups is 1. The first kappa shape index (κ1) is 19.4. The maximum absolute atomic E-state index is 12.5. The van der Waals surface area contributed by atoms with E-state index >= 15 is 0 Å². The van der Waals surface area contributed by atoms with Crippen LogP contribution in [-0.2, 0) is 9.84 Å². The Morgan fingerprint density at radius 2 is 1.56 bits per heavy atom. The zero-order valence-corrected chi connectivity index (χ0v) is 16.6. The molecule has 1 atom stereocenters. The van der Waals surface area contributed by atoms with Gasteiger partial charge in [-0.15, -0.1) is 0 Å². The van der Waals surface area contributed by atoms with E-state index in [4.69, 9.17) is 0 Å². The third kappa shape index (κ3) is 4.89. The summed E-state index contributed by atoms with van der Waals surface area (Å²) in [6, 6.07) is 14.1. The standard InChI is InChI=1S/C21H26N2O3S/c1-16(17-8-12-20(13-9-17)27(2,25)26)22-21(24)18-6-10-19(11-7-18)23-14-4-3-5-15-23/h6-13,16H,3-5,14-15H2,1-2H3,(H,22,24)/t16-/m0/s1. The number of hydrogen-bond acceptors (Lipinski definition) is 4. The van der Waals surface area contributed by atoms with Crippen LogP contribution in [0.3, 0.4) is 0 Å². The molecule has 1 saturated heterocycles. The highest BCUT2D eigenvalue weighted by Gasteiger charge is 2.15. The van der Waals surface area contributed by atoms with Gasteiger partial charge >= 0.3 is 0 Å². The minimum Gasteiger partial charge on any atom is -0.372 e. The Hall–Kier alpha value is -2.34. The summed E-state index contributed by atoms with van der Waals surface area (Å²) in [5, 5.41) is 2.97. The molecule has 1 N–H and O–H groups in total. The Balaban J connectivity index is 1.64. The monoisotopic (exact) mass is 386 g/mol. The lowest BCUT2D eigenvalue weighted by molar-refractivity contribution is 0.0940. The van der Waals surface area contributed by atoms with E-state index in [-0.39, 0.29) is 16.8 Å². The first-order chi connectivity index (χ1) is 12.8. The summed E-state index contributed by atoms with van der Waals surface area (Å²) >= 11 is 0. The van der Waals surface area contributed by atoms with E-state index in [0.29, 0.717) is 5.56 Å². The third-order valence-electron chi connectivity index (χ3n) is 5.01. The van der Waals surface area contributed by atoms with Gasteiger partial charge in [0.2, 0.25) is 0 Å². The van der Waals surface area contributed by atoms with Crippen LogP contribution in [0.4, 0.5) is 5.69 Å². The molecule has 1 amide bonds. The summed E-state index contributed by atoms with van der Waals surface area (Å²) in [5.74, 6) is -0.139. The molecule has 1 fully saturated rings. The molecule has 144 valence electrons. The first-order valence-electron chi connectivity index (χ1n) is 9.30. The molecule has 2 aromatic carbocycles. The van der Waals surface area contributed by atoms with Gasteiger partial charge in [-0.25, -0.2) is 8.42 Å². The number of carbonyl (C=O) groups is 1. The zero-order chi connectivity index (χ0) is 19.4. The van der Waals surface area contributed by atoms with Gasteiger partial charge in [-0.2, -0.15) is 0 Å². The summed E-state index contributed by atoms with van der Waals surface area (Å²) in [6.07, 6.45) is 4.91. The normalized spacial score (nSPS) is 16.0. The fourth-order valence-electron chi connectivity index (χ4n) is 3.34. The van der Waals surface area contributed by atoms with E-state index in [1.54, 1.807) is 24.3 Å². The highest BCUT2D eigenvalue weighted by molar-refractivity contribution is 7.90. The molecule has 1 aliphatic rings. The molecule has 0 spiro atoms. The van der Waals surface area contributed by atoms with Crippen molar-refractivity contribution in [3.05, 3.63) is 59.7 Å². The lowest BCUT2D eigenvalue weighted by Crippen LogP contribution is -2.29. The van der Waals surface area contributed by atoms with E-state index in [9.17, 15) is 13.2 Å². The van der Waals surface area contributed by atoms with Crippen LogP contribution >= 0.6 is 0 Å². The van der Waals surface area contributed by atoms with Crippen LogP contribution in [0.1, 0.15) is 48.1 Å². The van der Waals surface area contributed by atoms with Crippen molar-refractivity contribution in [1.82, 2.24) is 5.32 Å². The van der Waals surface area contributed by atoms with Gasteiger partial charge in [-0.05, 0) is 68.1 Å². The zero-order valence-electron chi connectivity index (χ0n) is 15.8. The number of amides is 1. The average Bonchev–Trinajstić information content (AvgIpc) is 2.68. The highest BCUT2D eigenvalue weighted by atomic mass is 32.2. The molecule has 5 nitrogen and oxygen atoms in total. The molecule has 0 bridgehead atoms. The molecule has 6 heteroatoms. The third-order valence-corrected chi connectivity index (χ3v) is 6.14. The number of anilines is 1. The van der Waals surface area contributed by atoms with Crippen LogP contribution in [0.2, 0.25) is 0 Å². The maximum Gasteiger partial charge on any atom is 0.251 e. The van der Waals surface area contributed by atoms with Gasteiger partial charge in [0, 0.05) is 30.6 Å². The molecule has 1 aliphatic heterocycles. The van der Waals surface area contributed by atoms with Crippen molar-refractivity contribution in [1.29, 1.82) is 0 Å². The van der Waals surface area contributed by atoms with Gasteiger partial charge in [-0.3, -0.25) is 4.79 Å². The molecular weight excluding hydrogens is 360 g/mol. The average molecular weight is 387 g/mol. The lowest BCUT2D eigenvalue weighted by Gasteiger charge is -2.28. The fraction of sp³-hybridized carbons (Fsp3) is 0.381. The van der Waals surface area contributed by atoms with Crippen molar-refractivity contribution in [3.63, 3.8) is 0 Å². The van der Waals surface area contributed by atoms with Crippen LogP contribution in [0, 0.1) is 0 Å². The molecule has 0 aliphatic carbocycles. The second-order valence-corrected chi connectivity index (χ2v) is 9.15. The van der Waals surface area contributed by atoms with Gasteiger partial charge < -0.3 is 10.2 Å². The first-order valence-corrected chi connectivity index (χ1v) is 11.2. The molecule has 1 heterocycles. The van der Waals surface area contributed by atoms with Gasteiger partial charge in [0.1, 0.15) is 0 Å². The number of rotatable bonds is 5. The lowest BCUT2D eigenvalue weighted by atomic mass is 10.1. The minimum atomic E-state index is -3.22. The molecule has 0 aromatic heterocycles. The van der Waals surface area contributed by atoms with Gasteiger partial charge in [0.25, 0.3) is 5.91 Å². The van der Waals surface area contributed by atoms with Crippen molar-refractivity contribution in [3.8, 4) is 0 Å². The van der Waals surface area contributed by atoms with Crippen LogP contribution in [-0.4, -0.2) is 33.7 Å². The van der Waals surface area contributed by atoms with Crippen molar-refractivity contribution < 1.29 is 13.2 Å². The number of benzene rings is 2. The Kier molecular flexibility index (Phi) is 5.85. The van der Waals surface area contributed by atoms with Gasteiger partial charge in [0.15, 0.2) is 9.84 Å². The Morgan fingerprint density at radius 1 is 0.963 bits per heavy atom. The van der Waals surface area contributed by atoms with E-state index in [0.717, 1.165) is 24.3 Å². The quantitative estimate of drug-likeness (QED) is 0.853. The summed E-state index contributed by atoms with van der Waals surface area (Å²) < 4.78 is 23.1. The van der Waals surface area contributed by atoms with E-state index in [1.807, 2.05) is 31.2 Å². The minimum absolute atomic E-state index is 0.139. The topological polar surface area (TPSA) is 66.5 Å². The summed E-state index contributed by atoms with van der Waals surface area (Å²) in [5.41, 5.74) is 2.65. The molecular formula is C21H26N2O3S. The number of hydrogen-bond donors (Lipinski definition) is 1. The maximum atomic E-state index is 12.5. The van der Waals surface area contributed by atoms with E-state index in [2.05, 4.69) is 10.2 Å². The van der Waals surface area contributed by atoms with Crippen LogP contribution in [0.5, 0.6) is 0 Å². The molecule has 0 saturated carbocycles. The van der Waals surface area contributed by atoms with E-state index in [1.165, 1.54) is 25.5 Å².